The highest BCUT2D eigenvalue weighted by atomic mass is 32.1. The first-order chi connectivity index (χ1) is 10.7. The Morgan fingerprint density at radius 3 is 2.18 bits per heavy atom. The molecule has 0 atom stereocenters. The van der Waals surface area contributed by atoms with E-state index in [1.807, 2.05) is 17.0 Å². The van der Waals surface area contributed by atoms with Crippen LogP contribution in [-0.2, 0) is 12.8 Å². The molecule has 0 saturated heterocycles. The lowest BCUT2D eigenvalue weighted by Crippen LogP contribution is -2.33. The Morgan fingerprint density at radius 1 is 1.14 bits per heavy atom. The molecule has 0 saturated carbocycles. The van der Waals surface area contributed by atoms with Crippen molar-refractivity contribution in [3.8, 4) is 11.5 Å². The van der Waals surface area contributed by atoms with E-state index >= 15 is 0 Å². The van der Waals surface area contributed by atoms with E-state index in [2.05, 4.69) is 8.75 Å². The van der Waals surface area contributed by atoms with Gasteiger partial charge in [-0.15, -0.1) is 0 Å². The molecule has 2 heterocycles. The maximum Gasteiger partial charge on any atom is 0.275 e. The molecule has 0 spiro atoms. The first-order valence-corrected chi connectivity index (χ1v) is 7.76. The van der Waals surface area contributed by atoms with Crippen molar-refractivity contribution in [3.05, 3.63) is 35.2 Å². The summed E-state index contributed by atoms with van der Waals surface area (Å²) in [5, 5.41) is 0. The highest BCUT2D eigenvalue weighted by molar-refractivity contribution is 6.99. The number of hydrogen-bond acceptors (Lipinski definition) is 6. The number of nitrogens with zero attached hydrogens (tertiary/aromatic N) is 3. The number of hydrogen-bond donors (Lipinski definition) is 0. The van der Waals surface area contributed by atoms with Crippen molar-refractivity contribution in [2.75, 3.05) is 27.3 Å². The van der Waals surface area contributed by atoms with E-state index < -0.39 is 0 Å². The van der Waals surface area contributed by atoms with Crippen LogP contribution >= 0.6 is 11.7 Å². The Labute approximate surface area is 133 Å². The zero-order valence-corrected chi connectivity index (χ0v) is 13.4. The maximum absolute atomic E-state index is 12.4. The van der Waals surface area contributed by atoms with Crippen molar-refractivity contribution in [2.24, 2.45) is 0 Å². The van der Waals surface area contributed by atoms with Gasteiger partial charge in [0.2, 0.25) is 0 Å². The summed E-state index contributed by atoms with van der Waals surface area (Å²) in [7, 11) is 3.26. The highest BCUT2D eigenvalue weighted by Crippen LogP contribution is 2.32. The number of aromatic nitrogens is 2. The number of benzene rings is 1. The van der Waals surface area contributed by atoms with Crippen LogP contribution < -0.4 is 9.47 Å². The van der Waals surface area contributed by atoms with Gasteiger partial charge in [-0.2, -0.15) is 8.75 Å². The van der Waals surface area contributed by atoms with Gasteiger partial charge < -0.3 is 14.4 Å². The number of carbonyl (C=O) groups is 1. The molecule has 1 aromatic heterocycles. The second kappa shape index (κ2) is 6.31. The van der Waals surface area contributed by atoms with E-state index in [9.17, 15) is 4.79 Å². The fourth-order valence-corrected chi connectivity index (χ4v) is 3.08. The summed E-state index contributed by atoms with van der Waals surface area (Å²) >= 11 is 1.05. The second-order valence-electron chi connectivity index (χ2n) is 5.06. The van der Waals surface area contributed by atoms with Gasteiger partial charge in [0.1, 0.15) is 0 Å². The molecule has 2 aromatic rings. The lowest BCUT2D eigenvalue weighted by Gasteiger charge is -2.18. The third kappa shape index (κ3) is 2.76. The lowest BCUT2D eigenvalue weighted by atomic mass is 10.0. The molecule has 1 aliphatic heterocycles. The van der Waals surface area contributed by atoms with E-state index in [1.54, 1.807) is 14.2 Å². The van der Waals surface area contributed by atoms with Crippen LogP contribution in [0, 0.1) is 0 Å². The number of rotatable bonds is 3. The zero-order chi connectivity index (χ0) is 15.5. The van der Waals surface area contributed by atoms with Crippen LogP contribution in [0.15, 0.2) is 18.3 Å². The Morgan fingerprint density at radius 2 is 1.73 bits per heavy atom. The van der Waals surface area contributed by atoms with Crippen LogP contribution in [0.5, 0.6) is 11.5 Å². The smallest absolute Gasteiger partial charge is 0.275 e. The molecule has 0 radical (unpaired) electrons. The minimum atomic E-state index is -0.0551. The molecule has 0 aliphatic carbocycles. The standard InChI is InChI=1S/C15H17N3O3S/c1-20-13-7-10-3-5-18(15(19)12-9-16-22-17-12)6-4-11(10)8-14(13)21-2/h7-9H,3-6H2,1-2H3. The molecule has 3 rings (SSSR count). The molecule has 22 heavy (non-hydrogen) atoms. The van der Waals surface area contributed by atoms with Crippen LogP contribution in [0.25, 0.3) is 0 Å². The van der Waals surface area contributed by atoms with E-state index in [0.717, 1.165) is 36.1 Å². The molecular weight excluding hydrogens is 302 g/mol. The summed E-state index contributed by atoms with van der Waals surface area (Å²) in [5.74, 6) is 1.40. The third-order valence-electron chi connectivity index (χ3n) is 3.88. The monoisotopic (exact) mass is 319 g/mol. The Balaban J connectivity index is 1.82. The van der Waals surface area contributed by atoms with Gasteiger partial charge in [-0.1, -0.05) is 0 Å². The van der Waals surface area contributed by atoms with E-state index in [-0.39, 0.29) is 5.91 Å². The number of fused-ring (bicyclic) bond motifs is 1. The maximum atomic E-state index is 12.4. The summed E-state index contributed by atoms with van der Waals surface area (Å²) in [4.78, 5) is 14.2. The summed E-state index contributed by atoms with van der Waals surface area (Å²) in [6.45, 7) is 1.33. The first-order valence-electron chi connectivity index (χ1n) is 7.03. The van der Waals surface area contributed by atoms with Gasteiger partial charge in [0, 0.05) is 13.1 Å². The largest absolute Gasteiger partial charge is 0.493 e. The van der Waals surface area contributed by atoms with Crippen LogP contribution in [0.2, 0.25) is 0 Å². The zero-order valence-electron chi connectivity index (χ0n) is 12.5. The van der Waals surface area contributed by atoms with Gasteiger partial charge in [0.05, 0.1) is 32.1 Å². The number of ether oxygens (including phenoxy) is 2. The molecule has 0 bridgehead atoms. The molecule has 7 heteroatoms. The topological polar surface area (TPSA) is 64.6 Å². The summed E-state index contributed by atoms with van der Waals surface area (Å²) < 4.78 is 18.6. The fraction of sp³-hybridized carbons (Fsp3) is 0.400. The van der Waals surface area contributed by atoms with Crippen LogP contribution in [0.3, 0.4) is 0 Å². The van der Waals surface area contributed by atoms with Gasteiger partial charge >= 0.3 is 0 Å². The van der Waals surface area contributed by atoms with Crippen molar-refractivity contribution in [1.82, 2.24) is 13.6 Å². The summed E-state index contributed by atoms with van der Waals surface area (Å²) in [6, 6.07) is 4.01. The average Bonchev–Trinajstić information content (AvgIpc) is 3.00. The predicted octanol–water partition coefficient (Wildman–Crippen LogP) is 1.80. The van der Waals surface area contributed by atoms with Crippen molar-refractivity contribution >= 4 is 17.6 Å². The Hall–Kier alpha value is -2.15. The third-order valence-corrected chi connectivity index (χ3v) is 4.35. The molecule has 6 nitrogen and oxygen atoms in total. The first kappa shape index (κ1) is 14.8. The van der Waals surface area contributed by atoms with E-state index in [4.69, 9.17) is 9.47 Å². The number of methoxy groups -OCH3 is 2. The molecule has 1 aromatic carbocycles. The number of amides is 1. The fourth-order valence-electron chi connectivity index (χ4n) is 2.68. The van der Waals surface area contributed by atoms with Gasteiger partial charge in [0.25, 0.3) is 5.91 Å². The quantitative estimate of drug-likeness (QED) is 0.863. The summed E-state index contributed by atoms with van der Waals surface area (Å²) in [5.41, 5.74) is 2.82. The van der Waals surface area contributed by atoms with Crippen LogP contribution in [0.1, 0.15) is 21.6 Å². The van der Waals surface area contributed by atoms with Gasteiger partial charge in [-0.3, -0.25) is 4.79 Å². The Kier molecular flexibility index (Phi) is 4.24. The molecule has 1 amide bonds. The van der Waals surface area contributed by atoms with Gasteiger partial charge in [0.15, 0.2) is 17.2 Å². The minimum absolute atomic E-state index is 0.0551. The molecule has 0 fully saturated rings. The second-order valence-corrected chi connectivity index (χ2v) is 5.62. The van der Waals surface area contributed by atoms with Crippen molar-refractivity contribution in [2.45, 2.75) is 12.8 Å². The minimum Gasteiger partial charge on any atom is -0.493 e. The molecule has 0 N–H and O–H groups in total. The van der Waals surface area contributed by atoms with E-state index in [0.29, 0.717) is 18.8 Å². The molecule has 1 aliphatic rings. The number of carbonyl (C=O) groups excluding carboxylic acids is 1. The normalized spacial score (nSPS) is 14.2. The SMILES string of the molecule is COc1cc2c(cc1OC)CCN(C(=O)c1cnsn1)CC2. The predicted molar refractivity (Wildman–Crippen MR) is 82.8 cm³/mol. The average molecular weight is 319 g/mol. The lowest BCUT2D eigenvalue weighted by molar-refractivity contribution is 0.0758. The van der Waals surface area contributed by atoms with Crippen molar-refractivity contribution < 1.29 is 14.3 Å². The molecular formula is C15H17N3O3S. The van der Waals surface area contributed by atoms with Crippen molar-refractivity contribution in [3.63, 3.8) is 0 Å². The summed E-state index contributed by atoms with van der Waals surface area (Å²) in [6.07, 6.45) is 3.11. The molecule has 116 valence electrons. The van der Waals surface area contributed by atoms with E-state index in [1.165, 1.54) is 17.3 Å². The van der Waals surface area contributed by atoms with Crippen molar-refractivity contribution in [1.29, 1.82) is 0 Å². The van der Waals surface area contributed by atoms with Crippen LogP contribution in [0.4, 0.5) is 0 Å². The van der Waals surface area contributed by atoms with Gasteiger partial charge in [-0.05, 0) is 36.1 Å². The highest BCUT2D eigenvalue weighted by Gasteiger charge is 2.22. The Bertz CT molecular complexity index is 638. The van der Waals surface area contributed by atoms with Gasteiger partial charge in [-0.25, -0.2) is 0 Å². The molecule has 0 unspecified atom stereocenters. The van der Waals surface area contributed by atoms with Crippen LogP contribution in [-0.4, -0.2) is 46.9 Å².